The van der Waals surface area contributed by atoms with Gasteiger partial charge in [0.25, 0.3) is 0 Å². The number of aliphatic hydroxyl groups is 1. The first-order valence-corrected chi connectivity index (χ1v) is 19.1. The van der Waals surface area contributed by atoms with E-state index in [-0.39, 0.29) is 36.0 Å². The van der Waals surface area contributed by atoms with E-state index in [2.05, 4.69) is 81.3 Å². The Kier molecular flexibility index (Phi) is 9.67. The molecule has 10 rings (SSSR count). The summed E-state index contributed by atoms with van der Waals surface area (Å²) in [4.78, 5) is 17.7. The van der Waals surface area contributed by atoms with Crippen LogP contribution >= 0.6 is 0 Å². The number of pyridine rings is 4. The Morgan fingerprint density at radius 1 is 0.782 bits per heavy atom. The van der Waals surface area contributed by atoms with E-state index >= 15 is 0 Å². The second kappa shape index (κ2) is 14.3. The van der Waals surface area contributed by atoms with Gasteiger partial charge in [-0.3, -0.25) is 19.7 Å². The van der Waals surface area contributed by atoms with Crippen LogP contribution in [0.3, 0.4) is 0 Å². The van der Waals surface area contributed by atoms with Gasteiger partial charge in [-0.2, -0.15) is 10.2 Å². The van der Waals surface area contributed by atoms with E-state index in [1.807, 2.05) is 59.8 Å². The van der Waals surface area contributed by atoms with Gasteiger partial charge >= 0.3 is 7.12 Å². The predicted octanol–water partition coefficient (Wildman–Crippen LogP) is 5.46. The van der Waals surface area contributed by atoms with Gasteiger partial charge in [0.2, 0.25) is 0 Å². The highest BCUT2D eigenvalue weighted by Gasteiger charge is 2.52. The van der Waals surface area contributed by atoms with Gasteiger partial charge in [0.1, 0.15) is 0 Å². The highest BCUT2D eigenvalue weighted by Crippen LogP contribution is 2.42. The van der Waals surface area contributed by atoms with E-state index in [1.165, 1.54) is 19.3 Å². The van der Waals surface area contributed by atoms with Crippen LogP contribution in [-0.4, -0.2) is 63.3 Å². The van der Waals surface area contributed by atoms with Gasteiger partial charge in [0.15, 0.2) is 5.65 Å². The van der Waals surface area contributed by atoms with Crippen molar-refractivity contribution in [2.24, 2.45) is 11.5 Å². The zero-order valence-corrected chi connectivity index (χ0v) is 31.9. The molecule has 0 atom stereocenters. The van der Waals surface area contributed by atoms with Gasteiger partial charge in [-0.05, 0) is 103 Å². The molecule has 4 fully saturated rings. The minimum atomic E-state index is -0.285. The van der Waals surface area contributed by atoms with Crippen LogP contribution in [0.15, 0.2) is 85.8 Å². The van der Waals surface area contributed by atoms with E-state index in [0.29, 0.717) is 11.7 Å². The second-order valence-electron chi connectivity index (χ2n) is 16.3. The zero-order chi connectivity index (χ0) is 38.4. The number of fused-ring (bicyclic) bond motifs is 1. The lowest BCUT2D eigenvalue weighted by Crippen LogP contribution is -2.44. The Balaban J connectivity index is 0.000000117. The molecule has 3 saturated carbocycles. The topological polar surface area (TPSA) is 189 Å². The van der Waals surface area contributed by atoms with E-state index < -0.39 is 0 Å². The fourth-order valence-electron chi connectivity index (χ4n) is 6.60. The lowest BCUT2D eigenvalue weighted by molar-refractivity contribution is 0.00578. The average molecular weight is 741 g/mol. The molecule has 0 bridgehead atoms. The van der Waals surface area contributed by atoms with Crippen molar-refractivity contribution in [2.75, 3.05) is 0 Å². The van der Waals surface area contributed by atoms with E-state index in [9.17, 15) is 0 Å². The standard InChI is InChI=1S/C15H15N5.C14H15N3O.C12H19BN2O2/c16-15(4-1-5-15)13-3-2-10-6-11(7-17-14(10)20-13)12-8-18-19-9-12;15-14(5-6-14)13-4-2-11(8-17-13)10-1-3-12(9-18)16-7-10;1-11(2)12(3,4)17-13(16-11)9-7-14-15(8-9)10-5-6-10/h2-3,6-9H,1,4-5,16H2,(H,18,19);1-4,7-8,18H,5-6,9,15H2;7-8,10H,5-6H2,1-4H3. The van der Waals surface area contributed by atoms with Crippen molar-refractivity contribution in [3.8, 4) is 22.3 Å². The molecule has 3 aliphatic carbocycles. The molecule has 6 N–H and O–H groups in total. The number of nitrogens with one attached hydrogen (secondary N) is 1. The largest absolute Gasteiger partial charge is 0.498 e. The molecule has 55 heavy (non-hydrogen) atoms. The Labute approximate surface area is 321 Å². The first-order valence-electron chi connectivity index (χ1n) is 19.1. The summed E-state index contributed by atoms with van der Waals surface area (Å²) in [6.07, 6.45) is 20.7. The molecule has 4 aliphatic rings. The maximum atomic E-state index is 8.94. The van der Waals surface area contributed by atoms with Gasteiger partial charge in [-0.15, -0.1) is 0 Å². The number of nitrogens with two attached hydrogens (primary N) is 2. The first kappa shape index (κ1) is 37.1. The highest BCUT2D eigenvalue weighted by molar-refractivity contribution is 6.62. The molecular weight excluding hydrogens is 691 g/mol. The molecule has 0 unspecified atom stereocenters. The molecule has 0 radical (unpaired) electrons. The lowest BCUT2D eigenvalue weighted by Gasteiger charge is -2.37. The number of rotatable bonds is 7. The van der Waals surface area contributed by atoms with Crippen molar-refractivity contribution in [3.63, 3.8) is 0 Å². The lowest BCUT2D eigenvalue weighted by atomic mass is 9.75. The van der Waals surface area contributed by atoms with Crippen LogP contribution in [-0.2, 0) is 27.0 Å². The van der Waals surface area contributed by atoms with Crippen molar-refractivity contribution < 1.29 is 14.4 Å². The Bertz CT molecular complexity index is 2230. The van der Waals surface area contributed by atoms with E-state index in [1.54, 1.807) is 12.4 Å². The summed E-state index contributed by atoms with van der Waals surface area (Å²) in [5, 5.41) is 21.1. The highest BCUT2D eigenvalue weighted by atomic mass is 16.7. The molecule has 13 nitrogen and oxygen atoms in total. The maximum Gasteiger partial charge on any atom is 0.498 e. The van der Waals surface area contributed by atoms with Crippen LogP contribution in [0.2, 0.25) is 0 Å². The molecular formula is C41H49BN10O3. The third kappa shape index (κ3) is 7.83. The van der Waals surface area contributed by atoms with Crippen molar-refractivity contribution in [3.05, 3.63) is 103 Å². The average Bonchev–Trinajstić information content (AvgIpc) is 4.01. The van der Waals surface area contributed by atoms with Crippen molar-refractivity contribution >= 4 is 23.6 Å². The molecule has 1 aliphatic heterocycles. The van der Waals surface area contributed by atoms with Crippen LogP contribution in [0.1, 0.15) is 95.8 Å². The minimum Gasteiger partial charge on any atom is -0.399 e. The number of aromatic amines is 1. The number of hydrogen-bond acceptors (Lipinski definition) is 11. The molecule has 6 aromatic rings. The third-order valence-corrected chi connectivity index (χ3v) is 11.6. The molecule has 14 heteroatoms. The third-order valence-electron chi connectivity index (χ3n) is 11.6. The summed E-state index contributed by atoms with van der Waals surface area (Å²) in [5.41, 5.74) is 19.9. The van der Waals surface area contributed by atoms with Crippen LogP contribution in [0, 0.1) is 0 Å². The molecule has 0 aromatic carbocycles. The molecule has 7 heterocycles. The summed E-state index contributed by atoms with van der Waals surface area (Å²) in [5.74, 6) is 0. The Morgan fingerprint density at radius 2 is 1.45 bits per heavy atom. The SMILES string of the molecule is CC1(C)OB(c2cnn(C3CC3)c2)OC1(C)C.NC1(c2ccc(-c3ccc(CO)nc3)cn2)CC1.NC1(c2ccc3cc(-c4cn[nH]c4)cnc3n2)CCC1. The molecule has 6 aromatic heterocycles. The summed E-state index contributed by atoms with van der Waals surface area (Å²) >= 11 is 0. The van der Waals surface area contributed by atoms with E-state index in [0.717, 1.165) is 75.8 Å². The normalized spacial score (nSPS) is 19.8. The smallest absolute Gasteiger partial charge is 0.399 e. The van der Waals surface area contributed by atoms with Gasteiger partial charge < -0.3 is 25.9 Å². The minimum absolute atomic E-state index is 0.0346. The molecule has 0 amide bonds. The number of aliphatic hydroxyl groups excluding tert-OH is 1. The predicted molar refractivity (Wildman–Crippen MR) is 212 cm³/mol. The monoisotopic (exact) mass is 740 g/mol. The maximum absolute atomic E-state index is 8.94. The first-order chi connectivity index (χ1) is 26.3. The fourth-order valence-corrected chi connectivity index (χ4v) is 6.60. The van der Waals surface area contributed by atoms with Crippen LogP contribution in [0.4, 0.5) is 0 Å². The summed E-state index contributed by atoms with van der Waals surface area (Å²) in [6.45, 7) is 8.24. The van der Waals surface area contributed by atoms with Gasteiger partial charge in [-0.25, -0.2) is 9.97 Å². The molecule has 0 spiro atoms. The van der Waals surface area contributed by atoms with Crippen molar-refractivity contribution in [1.82, 2.24) is 39.9 Å². The summed E-state index contributed by atoms with van der Waals surface area (Å²) in [6, 6.07) is 14.5. The summed E-state index contributed by atoms with van der Waals surface area (Å²) in [7, 11) is -0.285. The Hall–Kier alpha value is -4.86. The van der Waals surface area contributed by atoms with Crippen molar-refractivity contribution in [2.45, 2.75) is 108 Å². The van der Waals surface area contributed by atoms with Gasteiger partial charge in [0, 0.05) is 70.3 Å². The van der Waals surface area contributed by atoms with Gasteiger partial charge in [-0.1, -0.05) is 12.1 Å². The van der Waals surface area contributed by atoms with Gasteiger partial charge in [0.05, 0.1) is 58.2 Å². The zero-order valence-electron chi connectivity index (χ0n) is 31.9. The number of nitrogens with zero attached hydrogens (tertiary/aromatic N) is 7. The second-order valence-corrected chi connectivity index (χ2v) is 16.3. The van der Waals surface area contributed by atoms with Crippen LogP contribution in [0.5, 0.6) is 0 Å². The number of aromatic nitrogens is 8. The molecule has 1 saturated heterocycles. The number of H-pyrrole nitrogens is 1. The van der Waals surface area contributed by atoms with Crippen LogP contribution < -0.4 is 16.9 Å². The Morgan fingerprint density at radius 3 is 2.02 bits per heavy atom. The fraction of sp³-hybridized carbons (Fsp3) is 0.415. The number of hydrogen-bond donors (Lipinski definition) is 4. The summed E-state index contributed by atoms with van der Waals surface area (Å²) < 4.78 is 14.0. The quantitative estimate of drug-likeness (QED) is 0.152. The van der Waals surface area contributed by atoms with Crippen molar-refractivity contribution in [1.29, 1.82) is 0 Å². The van der Waals surface area contributed by atoms with Crippen LogP contribution in [0.25, 0.3) is 33.3 Å². The molecule has 284 valence electrons. The van der Waals surface area contributed by atoms with E-state index in [4.69, 9.17) is 25.9 Å².